The lowest BCUT2D eigenvalue weighted by atomic mass is 10.2. The van der Waals surface area contributed by atoms with Crippen molar-refractivity contribution in [1.29, 1.82) is 0 Å². The number of halogens is 2. The zero-order valence-electron chi connectivity index (χ0n) is 21.7. The van der Waals surface area contributed by atoms with Gasteiger partial charge in [0.05, 0.1) is 18.5 Å². The van der Waals surface area contributed by atoms with E-state index in [2.05, 4.69) is 15.0 Å². The third-order valence-corrected chi connectivity index (χ3v) is 5.79. The van der Waals surface area contributed by atoms with E-state index in [1.807, 2.05) is 21.0 Å². The summed E-state index contributed by atoms with van der Waals surface area (Å²) in [4.78, 5) is 31.5. The maximum atomic E-state index is 15.3. The second-order valence-corrected chi connectivity index (χ2v) is 9.05. The second kappa shape index (κ2) is 11.9. The number of nitrogens with two attached hydrogens (primary N) is 1. The molecule has 0 atom stereocenters. The number of amides is 2. The molecule has 2 aromatic heterocycles. The topological polar surface area (TPSA) is 115 Å². The molecule has 204 valence electrons. The van der Waals surface area contributed by atoms with Crippen LogP contribution >= 0.6 is 0 Å². The van der Waals surface area contributed by atoms with Crippen LogP contribution in [0.2, 0.25) is 0 Å². The highest BCUT2D eigenvalue weighted by molar-refractivity contribution is 6.08. The summed E-state index contributed by atoms with van der Waals surface area (Å²) < 4.78 is 42.0. The Bertz CT molecular complexity index is 1490. The van der Waals surface area contributed by atoms with Crippen LogP contribution in [-0.4, -0.2) is 58.6 Å². The first-order valence-electron chi connectivity index (χ1n) is 12.1. The van der Waals surface area contributed by atoms with Crippen LogP contribution < -0.4 is 20.1 Å². The maximum Gasteiger partial charge on any atom is 0.247 e. The van der Waals surface area contributed by atoms with Gasteiger partial charge in [-0.3, -0.25) is 14.5 Å². The van der Waals surface area contributed by atoms with Gasteiger partial charge in [0.1, 0.15) is 29.8 Å². The molecule has 0 aliphatic heterocycles. The Morgan fingerprint density at radius 1 is 1.05 bits per heavy atom. The lowest BCUT2D eigenvalue weighted by Crippen LogP contribution is -2.30. The zero-order chi connectivity index (χ0) is 28.1. The average Bonchev–Trinajstić information content (AvgIpc) is 3.20. The van der Waals surface area contributed by atoms with E-state index < -0.39 is 29.9 Å². The van der Waals surface area contributed by atoms with E-state index in [1.165, 1.54) is 30.6 Å². The van der Waals surface area contributed by atoms with E-state index >= 15 is 4.39 Å². The molecule has 0 bridgehead atoms. The Hall–Kier alpha value is -4.58. The van der Waals surface area contributed by atoms with Crippen molar-refractivity contribution in [3.8, 4) is 17.4 Å². The van der Waals surface area contributed by atoms with Gasteiger partial charge in [0.15, 0.2) is 11.6 Å². The molecule has 10 nitrogen and oxygen atoms in total. The van der Waals surface area contributed by atoms with Crippen molar-refractivity contribution in [3.63, 3.8) is 0 Å². The lowest BCUT2D eigenvalue weighted by Gasteiger charge is -2.23. The normalized spacial score (nSPS) is 11.1. The molecular formula is C27H28F2N6O4. The SMILES string of the molecule is Cc1c(OCCCN(C)C)cn2ncnc(Oc3ccc(N(C(=O)CC(N)=O)c4ccc(F)cc4)cc3F)c12. The molecule has 2 heterocycles. The Kier molecular flexibility index (Phi) is 8.35. The van der Waals surface area contributed by atoms with Crippen LogP contribution in [0.5, 0.6) is 17.4 Å². The number of carbonyl (C=O) groups excluding carboxylic acids is 2. The summed E-state index contributed by atoms with van der Waals surface area (Å²) in [6.45, 7) is 3.22. The number of hydrogen-bond donors (Lipinski definition) is 1. The summed E-state index contributed by atoms with van der Waals surface area (Å²) in [5, 5.41) is 4.20. The van der Waals surface area contributed by atoms with Crippen molar-refractivity contribution < 1.29 is 27.8 Å². The highest BCUT2D eigenvalue weighted by Gasteiger charge is 2.22. The molecule has 0 saturated carbocycles. The number of anilines is 2. The zero-order valence-corrected chi connectivity index (χ0v) is 21.7. The Balaban J connectivity index is 1.61. The summed E-state index contributed by atoms with van der Waals surface area (Å²) in [7, 11) is 3.98. The molecule has 2 N–H and O–H groups in total. The number of fused-ring (bicyclic) bond motifs is 1. The van der Waals surface area contributed by atoms with Crippen LogP contribution in [0.3, 0.4) is 0 Å². The van der Waals surface area contributed by atoms with Gasteiger partial charge in [0.25, 0.3) is 0 Å². The fourth-order valence-electron chi connectivity index (χ4n) is 3.96. The summed E-state index contributed by atoms with van der Waals surface area (Å²) in [6.07, 6.45) is 3.20. The number of rotatable bonds is 11. The van der Waals surface area contributed by atoms with E-state index in [-0.39, 0.29) is 23.0 Å². The minimum Gasteiger partial charge on any atom is -0.492 e. The van der Waals surface area contributed by atoms with Gasteiger partial charge >= 0.3 is 0 Å². The number of nitrogens with zero attached hydrogens (tertiary/aromatic N) is 5. The monoisotopic (exact) mass is 538 g/mol. The molecule has 0 saturated heterocycles. The van der Waals surface area contributed by atoms with Crippen LogP contribution in [0, 0.1) is 18.6 Å². The average molecular weight is 539 g/mol. The van der Waals surface area contributed by atoms with Crippen molar-refractivity contribution in [2.24, 2.45) is 5.73 Å². The Morgan fingerprint density at radius 3 is 2.44 bits per heavy atom. The maximum absolute atomic E-state index is 15.3. The first-order valence-corrected chi connectivity index (χ1v) is 12.1. The molecule has 39 heavy (non-hydrogen) atoms. The molecule has 0 radical (unpaired) electrons. The van der Waals surface area contributed by atoms with Crippen LogP contribution in [0.4, 0.5) is 20.2 Å². The highest BCUT2D eigenvalue weighted by Crippen LogP contribution is 2.35. The first-order chi connectivity index (χ1) is 18.6. The third kappa shape index (κ3) is 6.47. The quantitative estimate of drug-likeness (QED) is 0.227. The number of aryl methyl sites for hydroxylation is 1. The van der Waals surface area contributed by atoms with Gasteiger partial charge in [-0.05, 0) is 63.8 Å². The van der Waals surface area contributed by atoms with Crippen LogP contribution in [0.15, 0.2) is 55.0 Å². The number of benzene rings is 2. The summed E-state index contributed by atoms with van der Waals surface area (Å²) >= 11 is 0. The molecule has 0 aliphatic carbocycles. The lowest BCUT2D eigenvalue weighted by molar-refractivity contribution is -0.125. The van der Waals surface area contributed by atoms with Gasteiger partial charge in [0, 0.05) is 23.9 Å². The van der Waals surface area contributed by atoms with Gasteiger partial charge in [-0.2, -0.15) is 10.1 Å². The largest absolute Gasteiger partial charge is 0.492 e. The van der Waals surface area contributed by atoms with Gasteiger partial charge in [0.2, 0.25) is 17.7 Å². The summed E-state index contributed by atoms with van der Waals surface area (Å²) in [5.74, 6) is -2.32. The van der Waals surface area contributed by atoms with Crippen molar-refractivity contribution in [2.75, 3.05) is 32.1 Å². The van der Waals surface area contributed by atoms with Gasteiger partial charge < -0.3 is 20.1 Å². The molecule has 12 heteroatoms. The fourth-order valence-corrected chi connectivity index (χ4v) is 3.96. The van der Waals surface area contributed by atoms with Crippen molar-refractivity contribution in [1.82, 2.24) is 19.5 Å². The molecule has 4 aromatic rings. The molecule has 4 rings (SSSR count). The van der Waals surface area contributed by atoms with E-state index in [0.29, 0.717) is 17.9 Å². The molecule has 0 fully saturated rings. The smallest absolute Gasteiger partial charge is 0.247 e. The van der Waals surface area contributed by atoms with Crippen LogP contribution in [0.1, 0.15) is 18.4 Å². The standard InChI is InChI=1S/C27H28F2N6O4/c1-17-23(38-12-4-11-33(2)3)15-34-26(17)27(31-16-32-34)39-22-10-9-20(13-21(22)29)35(25(37)14-24(30)36)19-7-5-18(28)6-8-19/h5-10,13,15-16H,4,11-12,14H2,1-3H3,(H2,30,36). The number of ether oxygens (including phenoxy) is 2. The van der Waals surface area contributed by atoms with E-state index in [4.69, 9.17) is 15.2 Å². The van der Waals surface area contributed by atoms with Gasteiger partial charge in [-0.25, -0.2) is 13.3 Å². The van der Waals surface area contributed by atoms with E-state index in [9.17, 15) is 14.0 Å². The Labute approximate surface area is 223 Å². The predicted octanol–water partition coefficient (Wildman–Crippen LogP) is 3.98. The highest BCUT2D eigenvalue weighted by atomic mass is 19.1. The van der Waals surface area contributed by atoms with Crippen LogP contribution in [-0.2, 0) is 9.59 Å². The molecular weight excluding hydrogens is 510 g/mol. The molecule has 0 aliphatic rings. The minimum absolute atomic E-state index is 0.0952. The fraction of sp³-hybridized carbons (Fsp3) is 0.259. The number of aromatic nitrogens is 3. The van der Waals surface area contributed by atoms with Crippen LogP contribution in [0.25, 0.3) is 5.52 Å². The molecule has 0 spiro atoms. The van der Waals surface area contributed by atoms with E-state index in [0.717, 1.165) is 41.6 Å². The van der Waals surface area contributed by atoms with Gasteiger partial charge in [-0.1, -0.05) is 0 Å². The molecule has 2 amide bonds. The molecule has 0 unspecified atom stereocenters. The number of primary amides is 1. The van der Waals surface area contributed by atoms with E-state index in [1.54, 1.807) is 10.7 Å². The minimum atomic E-state index is -0.857. The van der Waals surface area contributed by atoms with Crippen molar-refractivity contribution in [2.45, 2.75) is 19.8 Å². The number of carbonyl (C=O) groups is 2. The first kappa shape index (κ1) is 27.5. The predicted molar refractivity (Wildman–Crippen MR) is 140 cm³/mol. The van der Waals surface area contributed by atoms with Crippen molar-refractivity contribution in [3.05, 3.63) is 72.2 Å². The van der Waals surface area contributed by atoms with Gasteiger partial charge in [-0.15, -0.1) is 0 Å². The Morgan fingerprint density at radius 2 is 1.77 bits per heavy atom. The molecule has 2 aromatic carbocycles. The summed E-state index contributed by atoms with van der Waals surface area (Å²) in [5.41, 5.74) is 6.75. The second-order valence-electron chi connectivity index (χ2n) is 9.05. The number of hydrogen-bond acceptors (Lipinski definition) is 7. The third-order valence-electron chi connectivity index (χ3n) is 5.79. The summed E-state index contributed by atoms with van der Waals surface area (Å²) in [6, 6.07) is 8.80. The van der Waals surface area contributed by atoms with Crippen molar-refractivity contribution >= 4 is 28.7 Å².